The lowest BCUT2D eigenvalue weighted by molar-refractivity contribution is 0.462. The molecule has 1 aromatic heterocycles. The van der Waals surface area contributed by atoms with Gasteiger partial charge in [-0.05, 0) is 30.7 Å². The molecule has 17 heavy (non-hydrogen) atoms. The van der Waals surface area contributed by atoms with E-state index in [1.807, 2.05) is 43.3 Å². The molecule has 0 saturated heterocycles. The molecule has 0 aliphatic carbocycles. The second kappa shape index (κ2) is 5.29. The van der Waals surface area contributed by atoms with E-state index in [1.54, 1.807) is 6.20 Å². The van der Waals surface area contributed by atoms with Gasteiger partial charge in [-0.2, -0.15) is 0 Å². The summed E-state index contributed by atoms with van der Waals surface area (Å²) < 4.78 is 6.59. The van der Waals surface area contributed by atoms with E-state index in [1.165, 1.54) is 0 Å². The summed E-state index contributed by atoms with van der Waals surface area (Å²) in [7, 11) is 0. The average molecular weight is 293 g/mol. The Balaban J connectivity index is 2.14. The molecule has 0 amide bonds. The lowest BCUT2D eigenvalue weighted by Crippen LogP contribution is -2.05. The highest BCUT2D eigenvalue weighted by Gasteiger charge is 2.02. The molecule has 0 bridgehead atoms. The molecule has 4 heteroatoms. The topological polar surface area (TPSA) is 48.1 Å². The molecule has 88 valence electrons. The number of benzene rings is 1. The number of pyridine rings is 1. The number of hydrogen-bond donors (Lipinski definition) is 1. The summed E-state index contributed by atoms with van der Waals surface area (Å²) in [5.41, 5.74) is 6.74. The molecular formula is C13H13BrN2O. The van der Waals surface area contributed by atoms with Gasteiger partial charge in [-0.1, -0.05) is 28.1 Å². The monoisotopic (exact) mass is 292 g/mol. The predicted molar refractivity (Wildman–Crippen MR) is 71.1 cm³/mol. The molecule has 1 aromatic carbocycles. The highest BCUT2D eigenvalue weighted by molar-refractivity contribution is 9.10. The van der Waals surface area contributed by atoms with Gasteiger partial charge in [-0.15, -0.1) is 0 Å². The summed E-state index contributed by atoms with van der Waals surface area (Å²) in [6.07, 6.45) is 1.73. The summed E-state index contributed by atoms with van der Waals surface area (Å²) in [4.78, 5) is 4.21. The maximum atomic E-state index is 5.75. The van der Waals surface area contributed by atoms with Crippen molar-refractivity contribution in [3.05, 3.63) is 52.6 Å². The number of nitrogens with two attached hydrogens (primary N) is 1. The molecule has 1 atom stereocenters. The normalized spacial score (nSPS) is 12.2. The van der Waals surface area contributed by atoms with E-state index in [0.29, 0.717) is 5.88 Å². The predicted octanol–water partition coefficient (Wildman–Crippen LogP) is 3.66. The van der Waals surface area contributed by atoms with Crippen molar-refractivity contribution in [3.63, 3.8) is 0 Å². The standard InChI is InChI=1S/C13H13BrN2O/c1-9(15)10-5-6-13(16-8-10)17-12-4-2-3-11(14)7-12/h2-9H,15H2,1H3. The third-order valence-electron chi connectivity index (χ3n) is 2.30. The van der Waals surface area contributed by atoms with E-state index < -0.39 is 0 Å². The summed E-state index contributed by atoms with van der Waals surface area (Å²) in [6.45, 7) is 1.92. The number of rotatable bonds is 3. The summed E-state index contributed by atoms with van der Waals surface area (Å²) in [5, 5.41) is 0. The van der Waals surface area contributed by atoms with Crippen LogP contribution in [0.25, 0.3) is 0 Å². The summed E-state index contributed by atoms with van der Waals surface area (Å²) in [6, 6.07) is 11.4. The van der Waals surface area contributed by atoms with Crippen LogP contribution in [0.2, 0.25) is 0 Å². The Morgan fingerprint density at radius 2 is 2.12 bits per heavy atom. The molecule has 2 aromatic rings. The molecule has 2 N–H and O–H groups in total. The Kier molecular flexibility index (Phi) is 3.76. The minimum Gasteiger partial charge on any atom is -0.439 e. The fourth-order valence-corrected chi connectivity index (χ4v) is 1.75. The quantitative estimate of drug-likeness (QED) is 0.939. The van der Waals surface area contributed by atoms with Gasteiger partial charge in [0.2, 0.25) is 5.88 Å². The highest BCUT2D eigenvalue weighted by atomic mass is 79.9. The molecule has 1 heterocycles. The van der Waals surface area contributed by atoms with Crippen LogP contribution >= 0.6 is 15.9 Å². The molecular weight excluding hydrogens is 280 g/mol. The van der Waals surface area contributed by atoms with Crippen molar-refractivity contribution in [2.45, 2.75) is 13.0 Å². The van der Waals surface area contributed by atoms with Crippen LogP contribution in [0.3, 0.4) is 0 Å². The number of hydrogen-bond acceptors (Lipinski definition) is 3. The minimum atomic E-state index is -0.0116. The number of nitrogens with zero attached hydrogens (tertiary/aromatic N) is 1. The Morgan fingerprint density at radius 3 is 2.71 bits per heavy atom. The molecule has 3 nitrogen and oxygen atoms in total. The van der Waals surface area contributed by atoms with Crippen LogP contribution in [0.15, 0.2) is 47.1 Å². The van der Waals surface area contributed by atoms with Crippen LogP contribution in [-0.2, 0) is 0 Å². The summed E-state index contributed by atoms with van der Waals surface area (Å²) >= 11 is 3.39. The second-order valence-corrected chi connectivity index (χ2v) is 4.69. The van der Waals surface area contributed by atoms with Crippen molar-refractivity contribution in [1.82, 2.24) is 4.98 Å². The lowest BCUT2D eigenvalue weighted by atomic mass is 10.2. The Bertz CT molecular complexity index is 497. The van der Waals surface area contributed by atoms with Crippen LogP contribution in [0.1, 0.15) is 18.5 Å². The van der Waals surface area contributed by atoms with Crippen molar-refractivity contribution in [2.24, 2.45) is 5.73 Å². The molecule has 0 aliphatic rings. The van der Waals surface area contributed by atoms with Crippen LogP contribution in [-0.4, -0.2) is 4.98 Å². The van der Waals surface area contributed by atoms with Crippen molar-refractivity contribution in [2.75, 3.05) is 0 Å². The number of aromatic nitrogens is 1. The van der Waals surface area contributed by atoms with E-state index in [2.05, 4.69) is 20.9 Å². The van der Waals surface area contributed by atoms with E-state index in [9.17, 15) is 0 Å². The van der Waals surface area contributed by atoms with Crippen molar-refractivity contribution >= 4 is 15.9 Å². The van der Waals surface area contributed by atoms with Crippen LogP contribution in [0, 0.1) is 0 Å². The first-order chi connectivity index (χ1) is 8.15. The van der Waals surface area contributed by atoms with Crippen LogP contribution in [0.4, 0.5) is 0 Å². The Labute approximate surface area is 109 Å². The molecule has 0 saturated carbocycles. The van der Waals surface area contributed by atoms with Gasteiger partial charge in [0.1, 0.15) is 5.75 Å². The van der Waals surface area contributed by atoms with Gasteiger partial charge < -0.3 is 10.5 Å². The van der Waals surface area contributed by atoms with E-state index in [-0.39, 0.29) is 6.04 Å². The van der Waals surface area contributed by atoms with Crippen molar-refractivity contribution in [3.8, 4) is 11.6 Å². The minimum absolute atomic E-state index is 0.0116. The smallest absolute Gasteiger partial charge is 0.219 e. The zero-order chi connectivity index (χ0) is 12.3. The third-order valence-corrected chi connectivity index (χ3v) is 2.80. The molecule has 1 unspecified atom stereocenters. The SMILES string of the molecule is CC(N)c1ccc(Oc2cccc(Br)c2)nc1. The molecule has 0 radical (unpaired) electrons. The zero-order valence-corrected chi connectivity index (χ0v) is 11.0. The van der Waals surface area contributed by atoms with Crippen molar-refractivity contribution < 1.29 is 4.74 Å². The largest absolute Gasteiger partial charge is 0.439 e. The van der Waals surface area contributed by atoms with Gasteiger partial charge in [0.05, 0.1) is 0 Å². The molecule has 0 fully saturated rings. The first-order valence-corrected chi connectivity index (χ1v) is 6.09. The van der Waals surface area contributed by atoms with Crippen molar-refractivity contribution in [1.29, 1.82) is 0 Å². The van der Waals surface area contributed by atoms with Gasteiger partial charge in [0, 0.05) is 22.8 Å². The first kappa shape index (κ1) is 12.1. The van der Waals surface area contributed by atoms with Gasteiger partial charge in [0.25, 0.3) is 0 Å². The zero-order valence-electron chi connectivity index (χ0n) is 9.43. The third kappa shape index (κ3) is 3.28. The fraction of sp³-hybridized carbons (Fsp3) is 0.154. The lowest BCUT2D eigenvalue weighted by Gasteiger charge is -2.07. The van der Waals surface area contributed by atoms with Gasteiger partial charge in [-0.25, -0.2) is 4.98 Å². The molecule has 0 aliphatic heterocycles. The molecule has 0 spiro atoms. The maximum Gasteiger partial charge on any atom is 0.219 e. The summed E-state index contributed by atoms with van der Waals surface area (Å²) in [5.74, 6) is 1.31. The number of ether oxygens (including phenoxy) is 1. The van der Waals surface area contributed by atoms with Gasteiger partial charge >= 0.3 is 0 Å². The van der Waals surface area contributed by atoms with E-state index in [0.717, 1.165) is 15.8 Å². The fourth-order valence-electron chi connectivity index (χ4n) is 1.37. The van der Waals surface area contributed by atoms with E-state index >= 15 is 0 Å². The highest BCUT2D eigenvalue weighted by Crippen LogP contribution is 2.23. The second-order valence-electron chi connectivity index (χ2n) is 3.78. The van der Waals surface area contributed by atoms with Crippen LogP contribution < -0.4 is 10.5 Å². The van der Waals surface area contributed by atoms with Gasteiger partial charge in [-0.3, -0.25) is 0 Å². The maximum absolute atomic E-state index is 5.75. The first-order valence-electron chi connectivity index (χ1n) is 5.30. The molecule has 2 rings (SSSR count). The average Bonchev–Trinajstić information content (AvgIpc) is 2.29. The Morgan fingerprint density at radius 1 is 1.29 bits per heavy atom. The number of halogens is 1. The van der Waals surface area contributed by atoms with Gasteiger partial charge in [0.15, 0.2) is 0 Å². The van der Waals surface area contributed by atoms with E-state index in [4.69, 9.17) is 10.5 Å². The Hall–Kier alpha value is -1.39. The van der Waals surface area contributed by atoms with Crippen LogP contribution in [0.5, 0.6) is 11.6 Å².